The van der Waals surface area contributed by atoms with Crippen LogP contribution >= 0.6 is 11.3 Å². The van der Waals surface area contributed by atoms with Crippen molar-refractivity contribution in [2.24, 2.45) is 0 Å². The minimum atomic E-state index is 0.582. The van der Waals surface area contributed by atoms with Gasteiger partial charge in [0, 0.05) is 47.6 Å². The van der Waals surface area contributed by atoms with Crippen molar-refractivity contribution in [1.82, 2.24) is 15.0 Å². The van der Waals surface area contributed by atoms with Gasteiger partial charge in [-0.15, -0.1) is 11.3 Å². The lowest BCUT2D eigenvalue weighted by molar-refractivity contribution is 0.669. The first-order chi connectivity index (χ1) is 27.7. The zero-order valence-corrected chi connectivity index (χ0v) is 30.9. The van der Waals surface area contributed by atoms with Gasteiger partial charge in [0.15, 0.2) is 17.5 Å². The average molecular weight is 734 g/mol. The highest BCUT2D eigenvalue weighted by Crippen LogP contribution is 2.44. The van der Waals surface area contributed by atoms with Crippen LogP contribution in [0.2, 0.25) is 0 Å². The molecule has 0 spiro atoms. The number of benzene rings is 8. The number of para-hydroxylation sites is 1. The minimum Gasteiger partial charge on any atom is -0.456 e. The van der Waals surface area contributed by atoms with Gasteiger partial charge < -0.3 is 4.42 Å². The number of aromatic nitrogens is 3. The maximum Gasteiger partial charge on any atom is 0.164 e. The van der Waals surface area contributed by atoms with Crippen molar-refractivity contribution in [2.45, 2.75) is 0 Å². The van der Waals surface area contributed by atoms with E-state index >= 15 is 0 Å². The third-order valence-corrected chi connectivity index (χ3v) is 11.7. The summed E-state index contributed by atoms with van der Waals surface area (Å²) in [4.78, 5) is 15.3. The summed E-state index contributed by atoms with van der Waals surface area (Å²) in [5.41, 5.74) is 11.2. The second kappa shape index (κ2) is 13.3. The highest BCUT2D eigenvalue weighted by molar-refractivity contribution is 7.26. The van der Waals surface area contributed by atoms with E-state index < -0.39 is 0 Å². The lowest BCUT2D eigenvalue weighted by Crippen LogP contribution is -2.00. The fraction of sp³-hybridized carbons (Fsp3) is 0. The van der Waals surface area contributed by atoms with E-state index in [1.54, 1.807) is 0 Å². The molecule has 3 heterocycles. The highest BCUT2D eigenvalue weighted by Gasteiger charge is 2.20. The van der Waals surface area contributed by atoms with E-state index in [1.165, 1.54) is 31.3 Å². The Bertz CT molecular complexity index is 3230. The van der Waals surface area contributed by atoms with E-state index in [-0.39, 0.29) is 0 Å². The van der Waals surface area contributed by atoms with Gasteiger partial charge in [0.2, 0.25) is 0 Å². The molecule has 4 nitrogen and oxygen atoms in total. The number of fused-ring (bicyclic) bond motifs is 6. The van der Waals surface area contributed by atoms with Crippen molar-refractivity contribution < 1.29 is 4.42 Å². The van der Waals surface area contributed by atoms with Crippen LogP contribution < -0.4 is 0 Å². The zero-order valence-electron chi connectivity index (χ0n) is 30.1. The molecule has 0 radical (unpaired) electrons. The molecule has 0 bridgehead atoms. The molecule has 0 amide bonds. The number of thiophene rings is 1. The molecule has 0 atom stereocenters. The fourth-order valence-electron chi connectivity index (χ4n) is 7.86. The molecule has 0 aliphatic carbocycles. The van der Waals surface area contributed by atoms with Gasteiger partial charge in [-0.3, -0.25) is 0 Å². The summed E-state index contributed by atoms with van der Waals surface area (Å²) in [6.07, 6.45) is 0. The van der Waals surface area contributed by atoms with Crippen molar-refractivity contribution in [1.29, 1.82) is 0 Å². The standard InChI is InChI=1S/C51H31N3OS/c1-4-13-32(14-5-1)33-23-25-36(26-24-33)50-52-49(35-17-8-3-9-18-35)53-51(54-50)38-30-41(47-40-19-10-11-21-43(40)55-44(47)31-38)37-27-28-45-42(29-37)48-39(20-12-22-46(48)56-45)34-15-6-2-7-16-34/h1-31H. The Morgan fingerprint density at radius 1 is 0.321 bits per heavy atom. The third-order valence-electron chi connectivity index (χ3n) is 10.5. The molecule has 0 unspecified atom stereocenters. The van der Waals surface area contributed by atoms with Crippen molar-refractivity contribution in [2.75, 3.05) is 0 Å². The second-order valence-electron chi connectivity index (χ2n) is 14.0. The monoisotopic (exact) mass is 733 g/mol. The maximum atomic E-state index is 6.61. The van der Waals surface area contributed by atoms with Crippen LogP contribution in [-0.2, 0) is 0 Å². The molecule has 262 valence electrons. The van der Waals surface area contributed by atoms with Gasteiger partial charge in [0.05, 0.1) is 0 Å². The lowest BCUT2D eigenvalue weighted by atomic mass is 9.94. The molecule has 5 heteroatoms. The number of hydrogen-bond donors (Lipinski definition) is 0. The van der Waals surface area contributed by atoms with Gasteiger partial charge in [-0.25, -0.2) is 15.0 Å². The molecule has 11 rings (SSSR count). The van der Waals surface area contributed by atoms with E-state index in [2.05, 4.69) is 140 Å². The molecule has 0 saturated heterocycles. The predicted octanol–water partition coefficient (Wildman–Crippen LogP) is 14.1. The summed E-state index contributed by atoms with van der Waals surface area (Å²) in [6, 6.07) is 65.7. The Morgan fingerprint density at radius 3 is 1.62 bits per heavy atom. The molecule has 0 saturated carbocycles. The van der Waals surface area contributed by atoms with Crippen LogP contribution in [0.5, 0.6) is 0 Å². The summed E-state index contributed by atoms with van der Waals surface area (Å²) >= 11 is 1.84. The van der Waals surface area contributed by atoms with Crippen LogP contribution in [0.15, 0.2) is 192 Å². The largest absolute Gasteiger partial charge is 0.456 e. The van der Waals surface area contributed by atoms with Crippen molar-refractivity contribution in [3.05, 3.63) is 188 Å². The lowest BCUT2D eigenvalue weighted by Gasteiger charge is -2.11. The maximum absolute atomic E-state index is 6.61. The van der Waals surface area contributed by atoms with Crippen molar-refractivity contribution in [3.8, 4) is 67.5 Å². The summed E-state index contributed by atoms with van der Waals surface area (Å²) < 4.78 is 9.14. The first-order valence-electron chi connectivity index (χ1n) is 18.7. The molecular weight excluding hydrogens is 703 g/mol. The Kier molecular flexibility index (Phi) is 7.64. The van der Waals surface area contributed by atoms with Crippen LogP contribution in [0.25, 0.3) is 110 Å². The summed E-state index contributed by atoms with van der Waals surface area (Å²) in [6.45, 7) is 0. The van der Waals surface area contributed by atoms with Crippen molar-refractivity contribution in [3.63, 3.8) is 0 Å². The molecule has 0 N–H and O–H groups in total. The second-order valence-corrected chi connectivity index (χ2v) is 15.1. The average Bonchev–Trinajstić information content (AvgIpc) is 3.85. The van der Waals surface area contributed by atoms with Crippen LogP contribution in [-0.4, -0.2) is 15.0 Å². The smallest absolute Gasteiger partial charge is 0.164 e. The number of hydrogen-bond acceptors (Lipinski definition) is 5. The summed E-state index contributed by atoms with van der Waals surface area (Å²) in [5, 5.41) is 4.66. The summed E-state index contributed by atoms with van der Waals surface area (Å²) in [7, 11) is 0. The normalized spacial score (nSPS) is 11.6. The molecule has 8 aromatic carbocycles. The first-order valence-corrected chi connectivity index (χ1v) is 19.5. The molecule has 0 aliphatic rings. The van der Waals surface area contributed by atoms with Crippen LogP contribution in [0.3, 0.4) is 0 Å². The fourth-order valence-corrected chi connectivity index (χ4v) is 8.97. The van der Waals surface area contributed by atoms with Crippen molar-refractivity contribution >= 4 is 53.4 Å². The Labute approximate surface area is 327 Å². The minimum absolute atomic E-state index is 0.582. The Morgan fingerprint density at radius 2 is 0.893 bits per heavy atom. The highest BCUT2D eigenvalue weighted by atomic mass is 32.1. The van der Waals surface area contributed by atoms with Gasteiger partial charge in [0.1, 0.15) is 11.2 Å². The zero-order chi connectivity index (χ0) is 37.0. The van der Waals surface area contributed by atoms with E-state index in [4.69, 9.17) is 19.4 Å². The molecule has 0 aliphatic heterocycles. The van der Waals surface area contributed by atoms with E-state index in [0.717, 1.165) is 60.9 Å². The molecule has 0 fully saturated rings. The van der Waals surface area contributed by atoms with E-state index in [9.17, 15) is 0 Å². The van der Waals surface area contributed by atoms with Gasteiger partial charge in [-0.2, -0.15) is 0 Å². The number of nitrogens with zero attached hydrogens (tertiary/aromatic N) is 3. The predicted molar refractivity (Wildman–Crippen MR) is 233 cm³/mol. The van der Waals surface area contributed by atoms with Crippen LogP contribution in [0.4, 0.5) is 0 Å². The van der Waals surface area contributed by atoms with Gasteiger partial charge >= 0.3 is 0 Å². The van der Waals surface area contributed by atoms with Crippen LogP contribution in [0.1, 0.15) is 0 Å². The van der Waals surface area contributed by atoms with E-state index in [0.29, 0.717) is 17.5 Å². The quantitative estimate of drug-likeness (QED) is 0.171. The Hall–Kier alpha value is -7.21. The summed E-state index contributed by atoms with van der Waals surface area (Å²) in [5.74, 6) is 1.81. The first kappa shape index (κ1) is 32.2. The molecular formula is C51H31N3OS. The van der Waals surface area contributed by atoms with Crippen LogP contribution in [0, 0.1) is 0 Å². The van der Waals surface area contributed by atoms with Gasteiger partial charge in [-0.1, -0.05) is 152 Å². The third kappa shape index (κ3) is 5.56. The number of furan rings is 1. The van der Waals surface area contributed by atoms with Gasteiger partial charge in [0.25, 0.3) is 0 Å². The number of rotatable bonds is 6. The molecule has 3 aromatic heterocycles. The topological polar surface area (TPSA) is 51.8 Å². The van der Waals surface area contributed by atoms with Gasteiger partial charge in [-0.05, 0) is 69.8 Å². The SMILES string of the molecule is c1ccc(-c2ccc(-c3nc(-c4ccccc4)nc(-c4cc(-c5ccc6sc7cccc(-c8ccccc8)c7c6c5)c5c(c4)oc4ccccc45)n3)cc2)cc1. The van der Waals surface area contributed by atoms with E-state index in [1.807, 2.05) is 59.9 Å². The molecule has 11 aromatic rings. The molecule has 56 heavy (non-hydrogen) atoms. The Balaban J connectivity index is 1.13.